The van der Waals surface area contributed by atoms with Gasteiger partial charge in [0.15, 0.2) is 9.84 Å². The molecule has 1 saturated heterocycles. The average Bonchev–Trinajstić information content (AvgIpc) is 2.78. The molecule has 1 aliphatic heterocycles. The van der Waals surface area contributed by atoms with Gasteiger partial charge in [0.25, 0.3) is 0 Å². The van der Waals surface area contributed by atoms with Crippen LogP contribution in [0.2, 0.25) is 0 Å². The van der Waals surface area contributed by atoms with Crippen LogP contribution in [0.15, 0.2) is 30.5 Å². The van der Waals surface area contributed by atoms with E-state index in [2.05, 4.69) is 4.98 Å². The van der Waals surface area contributed by atoms with Crippen molar-refractivity contribution >= 4 is 32.1 Å². The lowest BCUT2D eigenvalue weighted by atomic mass is 10.1. The Morgan fingerprint density at radius 2 is 2.10 bits per heavy atom. The smallest absolute Gasteiger partial charge is 0.152 e. The number of aromatic nitrogens is 1. The number of sulfone groups is 1. The first-order valence-corrected chi connectivity index (χ1v) is 8.36. The van der Waals surface area contributed by atoms with Crippen LogP contribution in [0.4, 0.5) is 11.4 Å². The van der Waals surface area contributed by atoms with Gasteiger partial charge in [-0.05, 0) is 12.5 Å². The number of rotatable bonds is 2. The summed E-state index contributed by atoms with van der Waals surface area (Å²) in [5, 5.41) is 0.958. The number of pyridine rings is 1. The van der Waals surface area contributed by atoms with Crippen molar-refractivity contribution in [3.8, 4) is 0 Å². The second-order valence-electron chi connectivity index (χ2n) is 5.25. The third-order valence-electron chi connectivity index (χ3n) is 3.88. The van der Waals surface area contributed by atoms with Crippen molar-refractivity contribution in [1.82, 2.24) is 4.98 Å². The molecule has 1 aromatic heterocycles. The highest BCUT2D eigenvalue weighted by atomic mass is 32.2. The van der Waals surface area contributed by atoms with Crippen LogP contribution < -0.4 is 10.6 Å². The van der Waals surface area contributed by atoms with Crippen LogP contribution in [0.25, 0.3) is 10.9 Å². The molecule has 2 aromatic rings. The topological polar surface area (TPSA) is 76.3 Å². The summed E-state index contributed by atoms with van der Waals surface area (Å²) in [6.45, 7) is 0. The van der Waals surface area contributed by atoms with Crippen LogP contribution >= 0.6 is 0 Å². The number of hydrogen-bond acceptors (Lipinski definition) is 5. The molecule has 0 saturated carbocycles. The van der Waals surface area contributed by atoms with Gasteiger partial charge in [0.1, 0.15) is 0 Å². The molecule has 5 nitrogen and oxygen atoms in total. The van der Waals surface area contributed by atoms with Gasteiger partial charge < -0.3 is 10.6 Å². The van der Waals surface area contributed by atoms with Crippen molar-refractivity contribution in [2.24, 2.45) is 0 Å². The monoisotopic (exact) mass is 291 g/mol. The van der Waals surface area contributed by atoms with Gasteiger partial charge in [0, 0.05) is 18.5 Å². The lowest BCUT2D eigenvalue weighted by molar-refractivity contribution is 0.601. The lowest BCUT2D eigenvalue weighted by Crippen LogP contribution is -2.33. The molecule has 2 heterocycles. The van der Waals surface area contributed by atoms with Crippen molar-refractivity contribution < 1.29 is 8.42 Å². The van der Waals surface area contributed by atoms with E-state index in [1.807, 2.05) is 36.2 Å². The molecule has 0 spiro atoms. The van der Waals surface area contributed by atoms with Crippen molar-refractivity contribution in [3.63, 3.8) is 0 Å². The SMILES string of the molecule is CN(c1c(N)cnc2ccccc12)C1CCS(=O)(=O)C1. The minimum Gasteiger partial charge on any atom is -0.396 e. The van der Waals surface area contributed by atoms with E-state index in [0.717, 1.165) is 16.6 Å². The molecular formula is C14H17N3O2S. The van der Waals surface area contributed by atoms with Gasteiger partial charge in [-0.1, -0.05) is 18.2 Å². The summed E-state index contributed by atoms with van der Waals surface area (Å²) in [5.41, 5.74) is 8.39. The van der Waals surface area contributed by atoms with E-state index in [1.54, 1.807) is 6.20 Å². The number of nitrogen functional groups attached to an aromatic ring is 1. The fourth-order valence-corrected chi connectivity index (χ4v) is 4.57. The van der Waals surface area contributed by atoms with Crippen molar-refractivity contribution in [2.75, 3.05) is 29.2 Å². The van der Waals surface area contributed by atoms with Crippen LogP contribution in [0.3, 0.4) is 0 Å². The molecule has 1 atom stereocenters. The third kappa shape index (κ3) is 2.20. The molecular weight excluding hydrogens is 274 g/mol. The van der Waals surface area contributed by atoms with E-state index in [9.17, 15) is 8.42 Å². The van der Waals surface area contributed by atoms with Crippen LogP contribution in [-0.2, 0) is 9.84 Å². The molecule has 1 unspecified atom stereocenters. The second kappa shape index (κ2) is 4.63. The van der Waals surface area contributed by atoms with Gasteiger partial charge in [-0.15, -0.1) is 0 Å². The molecule has 1 aromatic carbocycles. The maximum Gasteiger partial charge on any atom is 0.152 e. The van der Waals surface area contributed by atoms with Crippen LogP contribution in [0.1, 0.15) is 6.42 Å². The van der Waals surface area contributed by atoms with E-state index in [-0.39, 0.29) is 17.5 Å². The largest absolute Gasteiger partial charge is 0.396 e. The number of para-hydroxylation sites is 1. The molecule has 106 valence electrons. The first-order chi connectivity index (χ1) is 9.48. The predicted octanol–water partition coefficient (Wildman–Crippen LogP) is 1.44. The second-order valence-corrected chi connectivity index (χ2v) is 7.48. The van der Waals surface area contributed by atoms with E-state index >= 15 is 0 Å². The summed E-state index contributed by atoms with van der Waals surface area (Å²) in [7, 11) is -1.01. The molecule has 1 fully saturated rings. The summed E-state index contributed by atoms with van der Waals surface area (Å²) < 4.78 is 23.3. The van der Waals surface area contributed by atoms with Crippen LogP contribution in [0.5, 0.6) is 0 Å². The normalized spacial score (nSPS) is 21.1. The van der Waals surface area contributed by atoms with Crippen molar-refractivity contribution in [3.05, 3.63) is 30.5 Å². The first-order valence-electron chi connectivity index (χ1n) is 6.54. The standard InChI is InChI=1S/C14H17N3O2S/c1-17(10-6-7-20(18,19)9-10)14-11-4-2-3-5-13(11)16-8-12(14)15/h2-5,8,10H,6-7,9,15H2,1H3. The highest BCUT2D eigenvalue weighted by Crippen LogP contribution is 2.33. The van der Waals surface area contributed by atoms with Gasteiger partial charge in [0.05, 0.1) is 34.6 Å². The average molecular weight is 291 g/mol. The Morgan fingerprint density at radius 3 is 2.80 bits per heavy atom. The fourth-order valence-electron chi connectivity index (χ4n) is 2.80. The zero-order valence-corrected chi connectivity index (χ0v) is 12.1. The Bertz CT molecular complexity index is 758. The number of nitrogens with zero attached hydrogens (tertiary/aromatic N) is 2. The Hall–Kier alpha value is -1.82. The summed E-state index contributed by atoms with van der Waals surface area (Å²) in [6.07, 6.45) is 2.28. The summed E-state index contributed by atoms with van der Waals surface area (Å²) in [6, 6.07) is 7.74. The van der Waals surface area contributed by atoms with Gasteiger partial charge in [0.2, 0.25) is 0 Å². The third-order valence-corrected chi connectivity index (χ3v) is 5.63. The lowest BCUT2D eigenvalue weighted by Gasteiger charge is -2.28. The Morgan fingerprint density at radius 1 is 1.35 bits per heavy atom. The quantitative estimate of drug-likeness (QED) is 0.906. The Labute approximate surface area is 118 Å². The van der Waals surface area contributed by atoms with Gasteiger partial charge in [-0.3, -0.25) is 4.98 Å². The number of fused-ring (bicyclic) bond motifs is 1. The number of nitrogens with two attached hydrogens (primary N) is 1. The zero-order chi connectivity index (χ0) is 14.3. The van der Waals surface area contributed by atoms with E-state index in [4.69, 9.17) is 5.73 Å². The Balaban J connectivity index is 2.07. The van der Waals surface area contributed by atoms with Crippen LogP contribution in [0, 0.1) is 0 Å². The van der Waals surface area contributed by atoms with Crippen LogP contribution in [-0.4, -0.2) is 38.0 Å². The number of anilines is 2. The maximum absolute atomic E-state index is 11.7. The van der Waals surface area contributed by atoms with Gasteiger partial charge in [-0.2, -0.15) is 0 Å². The minimum atomic E-state index is -2.91. The molecule has 20 heavy (non-hydrogen) atoms. The van der Waals surface area contributed by atoms with Crippen molar-refractivity contribution in [1.29, 1.82) is 0 Å². The highest BCUT2D eigenvalue weighted by molar-refractivity contribution is 7.91. The summed E-state index contributed by atoms with van der Waals surface area (Å²) >= 11 is 0. The molecule has 0 amide bonds. The summed E-state index contributed by atoms with van der Waals surface area (Å²) in [5.74, 6) is 0.449. The number of benzene rings is 1. The van der Waals surface area contributed by atoms with Crippen molar-refractivity contribution in [2.45, 2.75) is 12.5 Å². The molecule has 1 aliphatic rings. The summed E-state index contributed by atoms with van der Waals surface area (Å²) in [4.78, 5) is 6.30. The van der Waals surface area contributed by atoms with Gasteiger partial charge in [-0.25, -0.2) is 8.42 Å². The molecule has 0 aliphatic carbocycles. The van der Waals surface area contributed by atoms with E-state index < -0.39 is 9.84 Å². The highest BCUT2D eigenvalue weighted by Gasteiger charge is 2.32. The molecule has 6 heteroatoms. The molecule has 0 bridgehead atoms. The van der Waals surface area contributed by atoms with E-state index in [0.29, 0.717) is 12.1 Å². The molecule has 3 rings (SSSR count). The van der Waals surface area contributed by atoms with Gasteiger partial charge >= 0.3 is 0 Å². The predicted molar refractivity (Wildman–Crippen MR) is 81.6 cm³/mol. The minimum absolute atomic E-state index is 0.0203. The molecule has 0 radical (unpaired) electrons. The maximum atomic E-state index is 11.7. The zero-order valence-electron chi connectivity index (χ0n) is 11.3. The Kier molecular flexibility index (Phi) is 3.05. The number of hydrogen-bond donors (Lipinski definition) is 1. The van der Waals surface area contributed by atoms with E-state index in [1.165, 1.54) is 0 Å². The fraction of sp³-hybridized carbons (Fsp3) is 0.357. The first kappa shape index (κ1) is 13.2. The molecule has 2 N–H and O–H groups in total.